The maximum atomic E-state index is 2.44. The van der Waals surface area contributed by atoms with Gasteiger partial charge in [-0.2, -0.15) is 0 Å². The van der Waals surface area contributed by atoms with E-state index in [4.69, 9.17) is 0 Å². The summed E-state index contributed by atoms with van der Waals surface area (Å²) in [5.74, 6) is 0. The molecule has 0 atom stereocenters. The van der Waals surface area contributed by atoms with Gasteiger partial charge in [-0.05, 0) is 89.8 Å². The van der Waals surface area contributed by atoms with Crippen molar-refractivity contribution in [2.45, 2.75) is 0 Å². The second kappa shape index (κ2) is 6.66. The van der Waals surface area contributed by atoms with Crippen LogP contribution < -0.4 is 10.6 Å². The lowest BCUT2D eigenvalue weighted by molar-refractivity contribution is 1.79. The molecule has 0 heterocycles. The highest BCUT2D eigenvalue weighted by Gasteiger charge is 2.19. The first-order valence-electron chi connectivity index (χ1n) is 11.8. The lowest BCUT2D eigenvalue weighted by Crippen LogP contribution is -2.13. The molecule has 8 rings (SSSR count). The van der Waals surface area contributed by atoms with E-state index in [2.05, 4.69) is 116 Å². The first-order chi connectivity index (χ1) is 16.8. The summed E-state index contributed by atoms with van der Waals surface area (Å²) in [6.45, 7) is 2.44. The molecule has 0 unspecified atom stereocenters. The highest BCUT2D eigenvalue weighted by Crippen LogP contribution is 2.42. The minimum atomic E-state index is -0.525. The van der Waals surface area contributed by atoms with Gasteiger partial charge in [0, 0.05) is 0 Å². The average Bonchev–Trinajstić information content (AvgIpc) is 2.90. The van der Waals surface area contributed by atoms with Crippen LogP contribution in [0.4, 0.5) is 0 Å². The minimum Gasteiger partial charge on any atom is -0.0610 e. The summed E-state index contributed by atoms with van der Waals surface area (Å²) in [6.07, 6.45) is 0. The molecule has 0 aliphatic heterocycles. The fraction of sp³-hybridized carbons (Fsp3) is 0.0303. The molecular weight excluding hydrogens is 427 g/mol. The van der Waals surface area contributed by atoms with Crippen LogP contribution in [0, 0.1) is 0 Å². The van der Waals surface area contributed by atoms with Gasteiger partial charge in [0.05, 0.1) is 0 Å². The van der Waals surface area contributed by atoms with E-state index in [1.165, 1.54) is 75.2 Å². The van der Waals surface area contributed by atoms with Crippen LogP contribution in [0.5, 0.6) is 0 Å². The van der Waals surface area contributed by atoms with E-state index in [0.717, 1.165) is 0 Å². The molecule has 0 bridgehead atoms. The summed E-state index contributed by atoms with van der Waals surface area (Å²) < 4.78 is 0. The van der Waals surface area contributed by atoms with Gasteiger partial charge in [-0.3, -0.25) is 0 Å². The molecule has 0 saturated carbocycles. The van der Waals surface area contributed by atoms with Crippen LogP contribution in [-0.2, 0) is 0 Å². The minimum absolute atomic E-state index is 0.525. The largest absolute Gasteiger partial charge is 0.0610 e. The Morgan fingerprint density at radius 3 is 1.09 bits per heavy atom. The molecule has 8 aromatic rings. The Morgan fingerprint density at radius 2 is 0.676 bits per heavy atom. The van der Waals surface area contributed by atoms with Crippen LogP contribution in [0.25, 0.3) is 64.6 Å². The zero-order valence-corrected chi connectivity index (χ0v) is 19.7. The molecule has 0 radical (unpaired) electrons. The van der Waals surface area contributed by atoms with Gasteiger partial charge in [-0.15, -0.1) is 0 Å². The summed E-state index contributed by atoms with van der Waals surface area (Å²) in [5.41, 5.74) is 0. The van der Waals surface area contributed by atoms with Crippen LogP contribution in [0.1, 0.15) is 0 Å². The third kappa shape index (κ3) is 2.37. The van der Waals surface area contributed by atoms with E-state index in [-0.39, 0.29) is 0 Å². The number of rotatable bonds is 2. The monoisotopic (exact) mass is 448 g/mol. The van der Waals surface area contributed by atoms with Gasteiger partial charge in [-0.25, -0.2) is 0 Å². The number of benzene rings is 8. The molecule has 0 fully saturated rings. The fourth-order valence-corrected chi connectivity index (χ4v) is 8.11. The summed E-state index contributed by atoms with van der Waals surface area (Å²) in [6, 6.07) is 41.1. The van der Waals surface area contributed by atoms with Crippen molar-refractivity contribution in [2.24, 2.45) is 0 Å². The van der Waals surface area contributed by atoms with Crippen molar-refractivity contribution in [3.63, 3.8) is 0 Å². The summed E-state index contributed by atoms with van der Waals surface area (Å²) in [4.78, 5) is 0. The molecule has 1 heteroatoms. The predicted octanol–water partition coefficient (Wildman–Crippen LogP) is 8.54. The Labute approximate surface area is 198 Å². The van der Waals surface area contributed by atoms with E-state index in [0.29, 0.717) is 0 Å². The molecule has 0 saturated heterocycles. The zero-order valence-electron chi connectivity index (χ0n) is 18.8. The first kappa shape index (κ1) is 18.7. The quantitative estimate of drug-likeness (QED) is 0.184. The molecule has 34 heavy (non-hydrogen) atoms. The number of hydrogen-bond acceptors (Lipinski definition) is 0. The van der Waals surface area contributed by atoms with E-state index in [9.17, 15) is 0 Å². The second-order valence-corrected chi connectivity index (χ2v) is 11.5. The van der Waals surface area contributed by atoms with Crippen molar-refractivity contribution >= 4 is 83.2 Å². The van der Waals surface area contributed by atoms with Crippen LogP contribution in [0.3, 0.4) is 0 Å². The molecule has 158 valence electrons. The Kier molecular flexibility index (Phi) is 3.66. The van der Waals surface area contributed by atoms with Gasteiger partial charge in [0.1, 0.15) is 0 Å². The Morgan fingerprint density at radius 1 is 0.353 bits per heavy atom. The maximum absolute atomic E-state index is 2.44. The van der Waals surface area contributed by atoms with Crippen molar-refractivity contribution in [2.75, 3.05) is 6.66 Å². The normalized spacial score (nSPS) is 12.5. The Hall–Kier alpha value is -3.73. The third-order valence-corrected chi connectivity index (χ3v) is 9.96. The average molecular weight is 449 g/mol. The van der Waals surface area contributed by atoms with E-state index in [1.54, 1.807) is 0 Å². The third-order valence-electron chi connectivity index (χ3n) is 7.73. The van der Waals surface area contributed by atoms with Gasteiger partial charge in [0.2, 0.25) is 0 Å². The number of hydrogen-bond donors (Lipinski definition) is 0. The molecular formula is C33H21P. The van der Waals surface area contributed by atoms with Gasteiger partial charge >= 0.3 is 0 Å². The molecule has 8 aromatic carbocycles. The topological polar surface area (TPSA) is 0 Å². The standard InChI is InChI=1S/C33H21P/c1-34(28-18-14-24-10-8-20-4-2-6-22-12-16-26(28)32(24)30(20)22)29-19-15-25-11-9-21-5-3-7-23-13-17-27(29)33(25)31(21)23/h2-19H,1H3. The fourth-order valence-electron chi connectivity index (χ4n) is 6.15. The molecule has 0 N–H and O–H groups in total. The predicted molar refractivity (Wildman–Crippen MR) is 152 cm³/mol. The van der Waals surface area contributed by atoms with Crippen LogP contribution in [0.15, 0.2) is 109 Å². The van der Waals surface area contributed by atoms with Crippen molar-refractivity contribution in [3.8, 4) is 0 Å². The molecule has 0 aromatic heterocycles. The van der Waals surface area contributed by atoms with Gasteiger partial charge in [0.15, 0.2) is 0 Å². The van der Waals surface area contributed by atoms with Gasteiger partial charge < -0.3 is 0 Å². The van der Waals surface area contributed by atoms with E-state index < -0.39 is 7.92 Å². The van der Waals surface area contributed by atoms with Crippen LogP contribution >= 0.6 is 7.92 Å². The highest BCUT2D eigenvalue weighted by molar-refractivity contribution is 7.73. The zero-order chi connectivity index (χ0) is 22.4. The van der Waals surface area contributed by atoms with E-state index in [1.807, 2.05) is 0 Å². The molecule has 0 spiro atoms. The first-order valence-corrected chi connectivity index (χ1v) is 13.6. The lowest BCUT2D eigenvalue weighted by Gasteiger charge is -2.21. The van der Waals surface area contributed by atoms with Crippen LogP contribution in [0.2, 0.25) is 0 Å². The summed E-state index contributed by atoms with van der Waals surface area (Å²) in [5, 5.41) is 19.4. The molecule has 0 aliphatic rings. The molecule has 0 aliphatic carbocycles. The van der Waals surface area contributed by atoms with Crippen molar-refractivity contribution in [3.05, 3.63) is 109 Å². The van der Waals surface area contributed by atoms with Crippen molar-refractivity contribution in [1.82, 2.24) is 0 Å². The maximum Gasteiger partial charge on any atom is -0.00203 e. The van der Waals surface area contributed by atoms with Crippen molar-refractivity contribution < 1.29 is 0 Å². The van der Waals surface area contributed by atoms with Gasteiger partial charge in [0.25, 0.3) is 0 Å². The SMILES string of the molecule is CP(c1ccc2ccc3cccc4ccc1c2c34)c1ccc2ccc3cccc4ccc1c2c34. The van der Waals surface area contributed by atoms with Gasteiger partial charge in [-0.1, -0.05) is 109 Å². The second-order valence-electron chi connectivity index (χ2n) is 9.44. The highest BCUT2D eigenvalue weighted by atomic mass is 31.1. The summed E-state index contributed by atoms with van der Waals surface area (Å²) in [7, 11) is -0.525. The van der Waals surface area contributed by atoms with Crippen molar-refractivity contribution in [1.29, 1.82) is 0 Å². The smallest absolute Gasteiger partial charge is 0.00203 e. The molecule has 0 nitrogen and oxygen atoms in total. The summed E-state index contributed by atoms with van der Waals surface area (Å²) >= 11 is 0. The van der Waals surface area contributed by atoms with E-state index >= 15 is 0 Å². The Balaban J connectivity index is 1.44. The Bertz CT molecular complexity index is 1850. The molecule has 0 amide bonds. The lowest BCUT2D eigenvalue weighted by atomic mass is 9.94. The van der Waals surface area contributed by atoms with Crippen LogP contribution in [-0.4, -0.2) is 6.66 Å².